The van der Waals surface area contributed by atoms with E-state index in [0.717, 1.165) is 28.3 Å². The third kappa shape index (κ3) is 2.12. The Kier molecular flexibility index (Phi) is 2.83. The molecule has 0 bridgehead atoms. The van der Waals surface area contributed by atoms with Gasteiger partial charge in [0.1, 0.15) is 0 Å². The highest BCUT2D eigenvalue weighted by Gasteiger charge is 2.21. The molecule has 3 nitrogen and oxygen atoms in total. The Morgan fingerprint density at radius 2 is 1.74 bits per heavy atom. The lowest BCUT2D eigenvalue weighted by molar-refractivity contribution is 1.49. The molecule has 0 saturated carbocycles. The highest BCUT2D eigenvalue weighted by molar-refractivity contribution is 6.22. The summed E-state index contributed by atoms with van der Waals surface area (Å²) in [7, 11) is 0. The van der Waals surface area contributed by atoms with Crippen molar-refractivity contribution in [3.63, 3.8) is 0 Å². The van der Waals surface area contributed by atoms with Crippen LogP contribution in [0.4, 0.5) is 11.4 Å². The third-order valence-corrected chi connectivity index (χ3v) is 2.91. The number of allylic oxidation sites excluding steroid dienone is 2. The quantitative estimate of drug-likeness (QED) is 0.780. The standard InChI is InChI=1S/C16H11N3/c17-11-10-15-16(18-12-6-2-1-3-7-12)13-8-4-5-9-14(13)19-15/h1-10,19H/b15-10+,18-16?. The van der Waals surface area contributed by atoms with Crippen molar-refractivity contribution < 1.29 is 0 Å². The number of hydrogen-bond donors (Lipinski definition) is 1. The van der Waals surface area contributed by atoms with Crippen LogP contribution in [0.3, 0.4) is 0 Å². The maximum atomic E-state index is 8.87. The predicted molar refractivity (Wildman–Crippen MR) is 76.4 cm³/mol. The summed E-state index contributed by atoms with van der Waals surface area (Å²) < 4.78 is 0. The second-order valence-electron chi connectivity index (χ2n) is 4.15. The smallest absolute Gasteiger partial charge is 0.0972 e. The molecule has 0 spiro atoms. The second kappa shape index (κ2) is 4.79. The first-order valence-corrected chi connectivity index (χ1v) is 5.99. The number of benzene rings is 2. The van der Waals surface area contributed by atoms with E-state index >= 15 is 0 Å². The summed E-state index contributed by atoms with van der Waals surface area (Å²) in [6.45, 7) is 0. The Hall–Kier alpha value is -2.86. The highest BCUT2D eigenvalue weighted by atomic mass is 15.0. The van der Waals surface area contributed by atoms with E-state index in [1.54, 1.807) is 0 Å². The highest BCUT2D eigenvalue weighted by Crippen LogP contribution is 2.30. The third-order valence-electron chi connectivity index (χ3n) is 2.91. The molecule has 19 heavy (non-hydrogen) atoms. The average molecular weight is 245 g/mol. The lowest BCUT2D eigenvalue weighted by atomic mass is 10.1. The van der Waals surface area contributed by atoms with Gasteiger partial charge in [0.2, 0.25) is 0 Å². The van der Waals surface area contributed by atoms with Gasteiger partial charge in [-0.3, -0.25) is 0 Å². The number of aliphatic imine (C=N–C) groups is 1. The van der Waals surface area contributed by atoms with Gasteiger partial charge in [-0.2, -0.15) is 5.26 Å². The second-order valence-corrected chi connectivity index (χ2v) is 4.15. The van der Waals surface area contributed by atoms with Crippen LogP contribution in [-0.4, -0.2) is 5.71 Å². The molecule has 0 aromatic heterocycles. The molecule has 1 aliphatic rings. The normalized spacial score (nSPS) is 17.0. The van der Waals surface area contributed by atoms with Crippen LogP contribution in [0.5, 0.6) is 0 Å². The Bertz CT molecular complexity index is 706. The fraction of sp³-hybridized carbons (Fsp3) is 0. The lowest BCUT2D eigenvalue weighted by Gasteiger charge is -2.00. The van der Waals surface area contributed by atoms with Crippen molar-refractivity contribution in [3.05, 3.63) is 71.9 Å². The van der Waals surface area contributed by atoms with Crippen LogP contribution in [0.2, 0.25) is 0 Å². The zero-order chi connectivity index (χ0) is 13.1. The van der Waals surface area contributed by atoms with E-state index in [0.29, 0.717) is 0 Å². The van der Waals surface area contributed by atoms with Crippen molar-refractivity contribution in [3.8, 4) is 6.07 Å². The number of nitriles is 1. The molecule has 1 heterocycles. The van der Waals surface area contributed by atoms with Crippen molar-refractivity contribution in [1.82, 2.24) is 0 Å². The molecule has 0 atom stereocenters. The fourth-order valence-electron chi connectivity index (χ4n) is 2.07. The minimum Gasteiger partial charge on any atom is -0.353 e. The van der Waals surface area contributed by atoms with Crippen LogP contribution >= 0.6 is 0 Å². The topological polar surface area (TPSA) is 48.2 Å². The molecule has 3 heteroatoms. The summed E-state index contributed by atoms with van der Waals surface area (Å²) >= 11 is 0. The fourth-order valence-corrected chi connectivity index (χ4v) is 2.07. The van der Waals surface area contributed by atoms with Gasteiger partial charge in [0.15, 0.2) is 0 Å². The van der Waals surface area contributed by atoms with Gasteiger partial charge in [-0.25, -0.2) is 4.99 Å². The van der Waals surface area contributed by atoms with Crippen LogP contribution in [0.25, 0.3) is 0 Å². The summed E-state index contributed by atoms with van der Waals surface area (Å²) in [6, 6.07) is 19.7. The maximum Gasteiger partial charge on any atom is 0.0972 e. The molecule has 0 fully saturated rings. The molecular weight excluding hydrogens is 234 g/mol. The van der Waals surface area contributed by atoms with Gasteiger partial charge >= 0.3 is 0 Å². The van der Waals surface area contributed by atoms with Crippen molar-refractivity contribution in [1.29, 1.82) is 5.26 Å². The number of hydrogen-bond acceptors (Lipinski definition) is 3. The zero-order valence-electron chi connectivity index (χ0n) is 10.2. The molecule has 1 N–H and O–H groups in total. The number of nitrogens with one attached hydrogen (secondary N) is 1. The van der Waals surface area contributed by atoms with Crippen LogP contribution < -0.4 is 5.32 Å². The number of rotatable bonds is 1. The lowest BCUT2D eigenvalue weighted by Crippen LogP contribution is -2.01. The molecule has 0 unspecified atom stereocenters. The Labute approximate surface area is 111 Å². The predicted octanol–water partition coefficient (Wildman–Crippen LogP) is 3.64. The van der Waals surface area contributed by atoms with E-state index in [1.807, 2.05) is 54.6 Å². The summed E-state index contributed by atoms with van der Waals surface area (Å²) in [4.78, 5) is 4.63. The van der Waals surface area contributed by atoms with Crippen LogP contribution in [0, 0.1) is 11.3 Å². The molecule has 0 saturated heterocycles. The first kappa shape index (κ1) is 11.2. The molecule has 0 amide bonds. The summed E-state index contributed by atoms with van der Waals surface area (Å²) in [5.74, 6) is 0. The molecular formula is C16H11N3. The SMILES string of the molecule is N#C/C=C1/Nc2ccccc2C1=Nc1ccccc1. The van der Waals surface area contributed by atoms with Gasteiger partial charge in [-0.05, 0) is 18.2 Å². The van der Waals surface area contributed by atoms with Gasteiger partial charge in [0.05, 0.1) is 23.2 Å². The van der Waals surface area contributed by atoms with Gasteiger partial charge in [0.25, 0.3) is 0 Å². The monoisotopic (exact) mass is 245 g/mol. The van der Waals surface area contributed by atoms with Gasteiger partial charge < -0.3 is 5.32 Å². The largest absolute Gasteiger partial charge is 0.353 e. The minimum absolute atomic E-state index is 0.743. The Morgan fingerprint density at radius 1 is 1.00 bits per heavy atom. The van der Waals surface area contributed by atoms with Crippen molar-refractivity contribution >= 4 is 17.1 Å². The maximum absolute atomic E-state index is 8.87. The van der Waals surface area contributed by atoms with E-state index in [1.165, 1.54) is 6.08 Å². The first-order chi connectivity index (χ1) is 9.38. The Balaban J connectivity index is 2.14. The number of nitrogens with zero attached hydrogens (tertiary/aromatic N) is 2. The van der Waals surface area contributed by atoms with E-state index in [4.69, 9.17) is 5.26 Å². The van der Waals surface area contributed by atoms with E-state index in [2.05, 4.69) is 16.4 Å². The molecule has 3 rings (SSSR count). The summed E-state index contributed by atoms with van der Waals surface area (Å²) in [5, 5.41) is 12.1. The summed E-state index contributed by atoms with van der Waals surface area (Å²) in [5.41, 5.74) is 4.43. The summed E-state index contributed by atoms with van der Waals surface area (Å²) in [6.07, 6.45) is 1.49. The number of para-hydroxylation sites is 2. The molecule has 1 aliphatic heterocycles. The van der Waals surface area contributed by atoms with Crippen LogP contribution in [0.15, 0.2) is 71.4 Å². The van der Waals surface area contributed by atoms with E-state index < -0.39 is 0 Å². The number of anilines is 1. The van der Waals surface area contributed by atoms with E-state index in [9.17, 15) is 0 Å². The number of fused-ring (bicyclic) bond motifs is 1. The van der Waals surface area contributed by atoms with Gasteiger partial charge in [0, 0.05) is 17.3 Å². The zero-order valence-corrected chi connectivity index (χ0v) is 10.2. The minimum atomic E-state index is 0.743. The Morgan fingerprint density at radius 3 is 2.53 bits per heavy atom. The van der Waals surface area contributed by atoms with Crippen LogP contribution in [-0.2, 0) is 0 Å². The molecule has 2 aromatic carbocycles. The van der Waals surface area contributed by atoms with E-state index in [-0.39, 0.29) is 0 Å². The molecule has 0 aliphatic carbocycles. The molecule has 90 valence electrons. The van der Waals surface area contributed by atoms with Crippen LogP contribution in [0.1, 0.15) is 5.56 Å². The molecule has 2 aromatic rings. The van der Waals surface area contributed by atoms with Crippen molar-refractivity contribution in [2.75, 3.05) is 5.32 Å². The van der Waals surface area contributed by atoms with Crippen molar-refractivity contribution in [2.45, 2.75) is 0 Å². The van der Waals surface area contributed by atoms with Gasteiger partial charge in [-0.1, -0.05) is 36.4 Å². The molecule has 0 radical (unpaired) electrons. The van der Waals surface area contributed by atoms with Crippen molar-refractivity contribution in [2.24, 2.45) is 4.99 Å². The average Bonchev–Trinajstić information content (AvgIpc) is 2.79. The van der Waals surface area contributed by atoms with Gasteiger partial charge in [-0.15, -0.1) is 0 Å². The first-order valence-electron chi connectivity index (χ1n) is 5.99.